The molecule has 5 nitrogen and oxygen atoms in total. The molecular weight excluding hydrogens is 312 g/mol. The molecule has 122 valence electrons. The number of para-hydroxylation sites is 1. The lowest BCUT2D eigenvalue weighted by Gasteiger charge is -2.35. The quantitative estimate of drug-likeness (QED) is 0.916. The Labute approximate surface area is 136 Å². The Morgan fingerprint density at radius 2 is 2.00 bits per heavy atom. The van der Waals surface area contributed by atoms with Crippen LogP contribution in [0, 0.1) is 0 Å². The van der Waals surface area contributed by atoms with Crippen molar-refractivity contribution in [2.45, 2.75) is 37.5 Å². The van der Waals surface area contributed by atoms with E-state index in [9.17, 15) is 13.2 Å². The molecule has 1 amide bonds. The van der Waals surface area contributed by atoms with Crippen LogP contribution in [0.2, 0.25) is 0 Å². The maximum atomic E-state index is 12.6. The first-order valence-corrected chi connectivity index (χ1v) is 9.32. The summed E-state index contributed by atoms with van der Waals surface area (Å²) in [5, 5.41) is 3.79. The van der Waals surface area contributed by atoms with Crippen LogP contribution in [-0.2, 0) is 9.84 Å². The highest BCUT2D eigenvalue weighted by Gasteiger charge is 2.41. The maximum Gasteiger partial charge on any atom is 0.252 e. The van der Waals surface area contributed by atoms with E-state index in [2.05, 4.69) is 10.3 Å². The molecule has 1 aromatic heterocycles. The molecule has 0 radical (unpaired) electrons. The third-order valence-corrected chi connectivity index (χ3v) is 7.17. The van der Waals surface area contributed by atoms with Crippen LogP contribution in [0.25, 0.3) is 10.9 Å². The number of fused-ring (bicyclic) bond motifs is 1. The molecular formula is C17H20N2O3S. The standard InChI is InChI=1S/C17H20N2O3S/c1-17(2)11-12(8-10-23(17,21)22)19-16(20)14-7-9-18-15-6-4-3-5-13(14)15/h3-7,9,12H,8,10-11H2,1-2H3,(H,19,20). The number of benzene rings is 1. The molecule has 1 aromatic carbocycles. The van der Waals surface area contributed by atoms with Gasteiger partial charge in [0.05, 0.1) is 21.6 Å². The Kier molecular flexibility index (Phi) is 3.88. The van der Waals surface area contributed by atoms with Gasteiger partial charge in [-0.25, -0.2) is 8.42 Å². The molecule has 1 aliphatic heterocycles. The van der Waals surface area contributed by atoms with Crippen molar-refractivity contribution in [3.63, 3.8) is 0 Å². The number of carbonyl (C=O) groups excluding carboxylic acids is 1. The van der Waals surface area contributed by atoms with E-state index in [4.69, 9.17) is 0 Å². The summed E-state index contributed by atoms with van der Waals surface area (Å²) in [6, 6.07) is 9.05. The predicted octanol–water partition coefficient (Wildman–Crippen LogP) is 2.32. The van der Waals surface area contributed by atoms with Crippen molar-refractivity contribution >= 4 is 26.6 Å². The molecule has 2 aromatic rings. The van der Waals surface area contributed by atoms with E-state index in [-0.39, 0.29) is 17.7 Å². The van der Waals surface area contributed by atoms with E-state index >= 15 is 0 Å². The largest absolute Gasteiger partial charge is 0.349 e. The molecule has 1 N–H and O–H groups in total. The lowest BCUT2D eigenvalue weighted by molar-refractivity contribution is 0.0932. The second kappa shape index (κ2) is 5.60. The van der Waals surface area contributed by atoms with Gasteiger partial charge in [-0.3, -0.25) is 9.78 Å². The number of rotatable bonds is 2. The minimum absolute atomic E-state index is 0.113. The number of pyridine rings is 1. The lowest BCUT2D eigenvalue weighted by Crippen LogP contribution is -2.49. The number of amides is 1. The third kappa shape index (κ3) is 2.95. The number of hydrogen-bond donors (Lipinski definition) is 1. The van der Waals surface area contributed by atoms with E-state index in [1.807, 2.05) is 24.3 Å². The molecule has 1 unspecified atom stereocenters. The van der Waals surface area contributed by atoms with Crippen molar-refractivity contribution in [1.29, 1.82) is 0 Å². The van der Waals surface area contributed by atoms with E-state index < -0.39 is 14.6 Å². The molecule has 1 fully saturated rings. The van der Waals surface area contributed by atoms with Crippen LogP contribution < -0.4 is 5.32 Å². The van der Waals surface area contributed by atoms with Gasteiger partial charge in [0.1, 0.15) is 0 Å². The lowest BCUT2D eigenvalue weighted by atomic mass is 9.99. The Morgan fingerprint density at radius 3 is 2.74 bits per heavy atom. The minimum atomic E-state index is -3.09. The van der Waals surface area contributed by atoms with Gasteiger partial charge >= 0.3 is 0 Å². The van der Waals surface area contributed by atoms with Crippen molar-refractivity contribution in [2.75, 3.05) is 5.75 Å². The maximum absolute atomic E-state index is 12.6. The summed E-state index contributed by atoms with van der Waals surface area (Å²) < 4.78 is 23.3. The zero-order valence-corrected chi connectivity index (χ0v) is 14.1. The average molecular weight is 332 g/mol. The molecule has 0 spiro atoms. The number of sulfone groups is 1. The third-order valence-electron chi connectivity index (χ3n) is 4.54. The Morgan fingerprint density at radius 1 is 1.26 bits per heavy atom. The summed E-state index contributed by atoms with van der Waals surface area (Å²) in [5.41, 5.74) is 1.34. The smallest absolute Gasteiger partial charge is 0.252 e. The molecule has 3 rings (SSSR count). The van der Waals surface area contributed by atoms with Gasteiger partial charge in [0.2, 0.25) is 0 Å². The zero-order chi connectivity index (χ0) is 16.7. The van der Waals surface area contributed by atoms with Gasteiger partial charge in [-0.15, -0.1) is 0 Å². The van der Waals surface area contributed by atoms with E-state index in [1.54, 1.807) is 26.1 Å². The van der Waals surface area contributed by atoms with E-state index in [0.29, 0.717) is 18.4 Å². The van der Waals surface area contributed by atoms with Crippen LogP contribution in [0.3, 0.4) is 0 Å². The number of nitrogens with one attached hydrogen (secondary N) is 1. The molecule has 6 heteroatoms. The number of hydrogen-bond acceptors (Lipinski definition) is 4. The predicted molar refractivity (Wildman–Crippen MR) is 90.1 cm³/mol. The highest BCUT2D eigenvalue weighted by Crippen LogP contribution is 2.30. The van der Waals surface area contributed by atoms with Crippen molar-refractivity contribution in [1.82, 2.24) is 10.3 Å². The fourth-order valence-electron chi connectivity index (χ4n) is 3.08. The van der Waals surface area contributed by atoms with Gasteiger partial charge in [0.15, 0.2) is 9.84 Å². The monoisotopic (exact) mass is 332 g/mol. The summed E-state index contributed by atoms with van der Waals surface area (Å²) in [6.45, 7) is 3.45. The molecule has 23 heavy (non-hydrogen) atoms. The van der Waals surface area contributed by atoms with Crippen LogP contribution in [0.5, 0.6) is 0 Å². The second-order valence-corrected chi connectivity index (χ2v) is 9.36. The molecule has 0 aliphatic carbocycles. The van der Waals surface area contributed by atoms with Crippen molar-refractivity contribution in [3.8, 4) is 0 Å². The molecule has 1 atom stereocenters. The Balaban J connectivity index is 1.82. The minimum Gasteiger partial charge on any atom is -0.349 e. The van der Waals surface area contributed by atoms with Crippen molar-refractivity contribution in [3.05, 3.63) is 42.1 Å². The SMILES string of the molecule is CC1(C)CC(NC(=O)c2ccnc3ccccc23)CCS1(=O)=O. The fourth-order valence-corrected chi connectivity index (χ4v) is 4.68. The summed E-state index contributed by atoms with van der Waals surface area (Å²) >= 11 is 0. The first-order valence-electron chi connectivity index (χ1n) is 7.67. The first kappa shape index (κ1) is 15.9. The van der Waals surface area contributed by atoms with E-state index in [0.717, 1.165) is 10.9 Å². The first-order chi connectivity index (χ1) is 10.8. The van der Waals surface area contributed by atoms with Gasteiger partial charge in [0, 0.05) is 17.6 Å². The topological polar surface area (TPSA) is 76.1 Å². The summed E-state index contributed by atoms with van der Waals surface area (Å²) in [4.78, 5) is 16.9. The van der Waals surface area contributed by atoms with Crippen LogP contribution in [0.4, 0.5) is 0 Å². The molecule has 1 aliphatic rings. The average Bonchev–Trinajstić information content (AvgIpc) is 2.50. The molecule has 1 saturated heterocycles. The van der Waals surface area contributed by atoms with Gasteiger partial charge in [0.25, 0.3) is 5.91 Å². The van der Waals surface area contributed by atoms with E-state index in [1.165, 1.54) is 0 Å². The Hall–Kier alpha value is -1.95. The highest BCUT2D eigenvalue weighted by molar-refractivity contribution is 7.92. The number of nitrogens with zero attached hydrogens (tertiary/aromatic N) is 1. The van der Waals surface area contributed by atoms with Crippen LogP contribution in [0.15, 0.2) is 36.5 Å². The van der Waals surface area contributed by atoms with Gasteiger partial charge in [-0.05, 0) is 38.8 Å². The van der Waals surface area contributed by atoms with Crippen LogP contribution >= 0.6 is 0 Å². The van der Waals surface area contributed by atoms with Crippen molar-refractivity contribution in [2.24, 2.45) is 0 Å². The summed E-state index contributed by atoms with van der Waals surface area (Å²) in [6.07, 6.45) is 2.51. The van der Waals surface area contributed by atoms with Crippen LogP contribution in [-0.4, -0.2) is 35.9 Å². The zero-order valence-electron chi connectivity index (χ0n) is 13.2. The summed E-state index contributed by atoms with van der Waals surface area (Å²) in [7, 11) is -3.09. The second-order valence-electron chi connectivity index (χ2n) is 6.62. The fraction of sp³-hybridized carbons (Fsp3) is 0.412. The molecule has 0 bridgehead atoms. The van der Waals surface area contributed by atoms with Gasteiger partial charge < -0.3 is 5.32 Å². The normalized spacial score (nSPS) is 22.6. The number of carbonyl (C=O) groups is 1. The van der Waals surface area contributed by atoms with Crippen molar-refractivity contribution < 1.29 is 13.2 Å². The molecule has 2 heterocycles. The van der Waals surface area contributed by atoms with Gasteiger partial charge in [-0.1, -0.05) is 18.2 Å². The van der Waals surface area contributed by atoms with Gasteiger partial charge in [-0.2, -0.15) is 0 Å². The highest BCUT2D eigenvalue weighted by atomic mass is 32.2. The summed E-state index contributed by atoms with van der Waals surface area (Å²) in [5.74, 6) is -0.0640. The van der Waals surface area contributed by atoms with Crippen LogP contribution in [0.1, 0.15) is 37.0 Å². The molecule has 0 saturated carbocycles. The Bertz CT molecular complexity index is 854. The number of aromatic nitrogens is 1.